The highest BCUT2D eigenvalue weighted by Crippen LogP contribution is 2.18. The Morgan fingerprint density at radius 1 is 1.33 bits per heavy atom. The van der Waals surface area contributed by atoms with Gasteiger partial charge in [-0.2, -0.15) is 0 Å². The number of piperidine rings is 1. The standard InChI is InChI=1S/C9H19NOS/c1-8(2)12(11)10-6-4-9(3)5-7-10/h8-9H,4-7H2,1-3H3. The molecule has 1 aliphatic rings. The molecule has 0 amide bonds. The highest BCUT2D eigenvalue weighted by Gasteiger charge is 2.21. The Kier molecular flexibility index (Phi) is 3.72. The van der Waals surface area contributed by atoms with E-state index in [2.05, 4.69) is 11.2 Å². The van der Waals surface area contributed by atoms with Crippen LogP contribution in [-0.4, -0.2) is 26.9 Å². The fraction of sp³-hybridized carbons (Fsp3) is 1.00. The molecule has 0 N–H and O–H groups in total. The summed E-state index contributed by atoms with van der Waals surface area (Å²) < 4.78 is 13.8. The molecule has 72 valence electrons. The highest BCUT2D eigenvalue weighted by atomic mass is 32.2. The van der Waals surface area contributed by atoms with Crippen LogP contribution in [0.2, 0.25) is 0 Å². The van der Waals surface area contributed by atoms with Gasteiger partial charge < -0.3 is 0 Å². The Bertz CT molecular complexity index is 162. The predicted molar refractivity (Wildman–Crippen MR) is 53.2 cm³/mol. The first-order valence-corrected chi connectivity index (χ1v) is 5.94. The lowest BCUT2D eigenvalue weighted by Gasteiger charge is -2.30. The Morgan fingerprint density at radius 2 is 1.83 bits per heavy atom. The summed E-state index contributed by atoms with van der Waals surface area (Å²) >= 11 is 0. The van der Waals surface area contributed by atoms with Crippen LogP contribution in [-0.2, 0) is 11.0 Å². The van der Waals surface area contributed by atoms with Crippen LogP contribution in [0.25, 0.3) is 0 Å². The molecule has 1 rings (SSSR count). The first-order chi connectivity index (χ1) is 5.61. The molecule has 1 heterocycles. The maximum absolute atomic E-state index is 11.6. The monoisotopic (exact) mass is 189 g/mol. The van der Waals surface area contributed by atoms with Gasteiger partial charge in [0.15, 0.2) is 0 Å². The molecule has 0 radical (unpaired) electrons. The van der Waals surface area contributed by atoms with Gasteiger partial charge in [-0.3, -0.25) is 0 Å². The third kappa shape index (κ3) is 2.56. The zero-order valence-electron chi connectivity index (χ0n) is 8.25. The smallest absolute Gasteiger partial charge is 0.0968 e. The van der Waals surface area contributed by atoms with E-state index in [0.717, 1.165) is 19.0 Å². The lowest BCUT2D eigenvalue weighted by Crippen LogP contribution is -2.37. The number of hydrogen-bond acceptors (Lipinski definition) is 1. The van der Waals surface area contributed by atoms with Crippen LogP contribution in [0.5, 0.6) is 0 Å². The van der Waals surface area contributed by atoms with E-state index in [1.54, 1.807) is 0 Å². The fourth-order valence-corrected chi connectivity index (χ4v) is 2.63. The van der Waals surface area contributed by atoms with E-state index in [1.165, 1.54) is 12.8 Å². The van der Waals surface area contributed by atoms with Crippen LogP contribution >= 0.6 is 0 Å². The van der Waals surface area contributed by atoms with Crippen molar-refractivity contribution in [3.8, 4) is 0 Å². The number of nitrogens with zero attached hydrogens (tertiary/aromatic N) is 1. The summed E-state index contributed by atoms with van der Waals surface area (Å²) in [7, 11) is -0.740. The van der Waals surface area contributed by atoms with Crippen molar-refractivity contribution in [1.29, 1.82) is 0 Å². The van der Waals surface area contributed by atoms with E-state index in [4.69, 9.17) is 0 Å². The van der Waals surface area contributed by atoms with Crippen LogP contribution in [0, 0.1) is 5.92 Å². The van der Waals surface area contributed by atoms with E-state index < -0.39 is 11.0 Å². The predicted octanol–water partition coefficient (Wildman–Crippen LogP) is 1.79. The number of rotatable bonds is 2. The van der Waals surface area contributed by atoms with Gasteiger partial charge in [-0.05, 0) is 32.6 Å². The Balaban J connectivity index is 2.39. The molecule has 0 aliphatic carbocycles. The molecule has 0 aromatic heterocycles. The summed E-state index contributed by atoms with van der Waals surface area (Å²) in [6.45, 7) is 8.36. The molecule has 1 saturated heterocycles. The Labute approximate surface area is 77.9 Å². The van der Waals surface area contributed by atoms with Gasteiger partial charge in [0.25, 0.3) is 0 Å². The molecular weight excluding hydrogens is 170 g/mol. The zero-order chi connectivity index (χ0) is 9.14. The lowest BCUT2D eigenvalue weighted by molar-refractivity contribution is 0.298. The molecule has 2 nitrogen and oxygen atoms in total. The molecule has 1 aliphatic heterocycles. The van der Waals surface area contributed by atoms with E-state index in [1.807, 2.05) is 13.8 Å². The molecule has 0 aromatic rings. The molecular formula is C9H19NOS. The largest absolute Gasteiger partial charge is 0.242 e. The molecule has 1 atom stereocenters. The molecule has 1 fully saturated rings. The molecule has 12 heavy (non-hydrogen) atoms. The summed E-state index contributed by atoms with van der Waals surface area (Å²) in [5, 5.41) is 0.276. The van der Waals surface area contributed by atoms with Crippen molar-refractivity contribution in [3.05, 3.63) is 0 Å². The van der Waals surface area contributed by atoms with Crippen molar-refractivity contribution >= 4 is 11.0 Å². The van der Waals surface area contributed by atoms with Crippen LogP contribution in [0.1, 0.15) is 33.6 Å². The minimum absolute atomic E-state index is 0.276. The molecule has 1 unspecified atom stereocenters. The average molecular weight is 189 g/mol. The van der Waals surface area contributed by atoms with Crippen molar-refractivity contribution in [1.82, 2.24) is 4.31 Å². The molecule has 0 bridgehead atoms. The van der Waals surface area contributed by atoms with Gasteiger partial charge in [0.2, 0.25) is 0 Å². The van der Waals surface area contributed by atoms with Crippen molar-refractivity contribution < 1.29 is 4.21 Å². The SMILES string of the molecule is CC1CCN(S(=O)C(C)C)CC1. The van der Waals surface area contributed by atoms with E-state index >= 15 is 0 Å². The summed E-state index contributed by atoms with van der Waals surface area (Å²) in [5.41, 5.74) is 0. The van der Waals surface area contributed by atoms with Crippen LogP contribution in [0.15, 0.2) is 0 Å². The minimum Gasteiger partial charge on any atom is -0.242 e. The molecule has 0 aromatic carbocycles. The normalized spacial score (nSPS) is 24.7. The zero-order valence-corrected chi connectivity index (χ0v) is 9.06. The lowest BCUT2D eigenvalue weighted by atomic mass is 10.0. The third-order valence-electron chi connectivity index (χ3n) is 2.40. The van der Waals surface area contributed by atoms with Crippen molar-refractivity contribution in [3.63, 3.8) is 0 Å². The maximum atomic E-state index is 11.6. The van der Waals surface area contributed by atoms with Gasteiger partial charge in [0.1, 0.15) is 0 Å². The quantitative estimate of drug-likeness (QED) is 0.648. The van der Waals surface area contributed by atoms with Crippen LogP contribution in [0.4, 0.5) is 0 Å². The van der Waals surface area contributed by atoms with Gasteiger partial charge >= 0.3 is 0 Å². The molecule has 0 saturated carbocycles. The van der Waals surface area contributed by atoms with Crippen molar-refractivity contribution in [2.75, 3.05) is 13.1 Å². The second kappa shape index (κ2) is 4.38. The Hall–Kier alpha value is 0.110. The second-order valence-electron chi connectivity index (χ2n) is 3.94. The summed E-state index contributed by atoms with van der Waals surface area (Å²) in [4.78, 5) is 0. The topological polar surface area (TPSA) is 20.3 Å². The number of hydrogen-bond donors (Lipinski definition) is 0. The second-order valence-corrected chi connectivity index (χ2v) is 5.95. The molecule has 0 spiro atoms. The summed E-state index contributed by atoms with van der Waals surface area (Å²) in [6, 6.07) is 0. The third-order valence-corrected chi connectivity index (χ3v) is 4.08. The van der Waals surface area contributed by atoms with Gasteiger partial charge in [0, 0.05) is 18.3 Å². The van der Waals surface area contributed by atoms with E-state index in [0.29, 0.717) is 0 Å². The van der Waals surface area contributed by atoms with Gasteiger partial charge in [0.05, 0.1) is 11.0 Å². The summed E-state index contributed by atoms with van der Waals surface area (Å²) in [6.07, 6.45) is 2.41. The fourth-order valence-electron chi connectivity index (χ4n) is 1.46. The van der Waals surface area contributed by atoms with Crippen LogP contribution in [0.3, 0.4) is 0 Å². The highest BCUT2D eigenvalue weighted by molar-refractivity contribution is 7.83. The van der Waals surface area contributed by atoms with E-state index in [9.17, 15) is 4.21 Å². The first kappa shape index (κ1) is 10.2. The minimum atomic E-state index is -0.740. The van der Waals surface area contributed by atoms with Crippen LogP contribution < -0.4 is 0 Å². The Morgan fingerprint density at radius 3 is 2.25 bits per heavy atom. The molecule has 3 heteroatoms. The van der Waals surface area contributed by atoms with Crippen molar-refractivity contribution in [2.45, 2.75) is 38.9 Å². The first-order valence-electron chi connectivity index (χ1n) is 4.77. The van der Waals surface area contributed by atoms with E-state index in [-0.39, 0.29) is 5.25 Å². The average Bonchev–Trinajstić information content (AvgIpc) is 2.04. The van der Waals surface area contributed by atoms with Gasteiger partial charge in [-0.1, -0.05) is 6.92 Å². The van der Waals surface area contributed by atoms with Crippen molar-refractivity contribution in [2.24, 2.45) is 5.92 Å². The van der Waals surface area contributed by atoms with Gasteiger partial charge in [-0.15, -0.1) is 0 Å². The maximum Gasteiger partial charge on any atom is 0.0968 e. The van der Waals surface area contributed by atoms with Gasteiger partial charge in [-0.25, -0.2) is 8.51 Å². The summed E-state index contributed by atoms with van der Waals surface area (Å²) in [5.74, 6) is 0.824.